The van der Waals surface area contributed by atoms with Crippen LogP contribution in [0.2, 0.25) is 0 Å². The highest BCUT2D eigenvalue weighted by molar-refractivity contribution is 4.54. The molecule has 0 bridgehead atoms. The van der Waals surface area contributed by atoms with Gasteiger partial charge in [-0.2, -0.15) is 0 Å². The van der Waals surface area contributed by atoms with Crippen LogP contribution < -0.4 is 5.73 Å². The third-order valence-corrected chi connectivity index (χ3v) is 1.48. The number of unbranched alkanes of at least 4 members (excludes halogenated alkanes) is 2. The molecule has 1 atom stereocenters. The van der Waals surface area contributed by atoms with Crippen LogP contribution in [0.4, 0.5) is 0 Å². The summed E-state index contributed by atoms with van der Waals surface area (Å²) in [6.45, 7) is 2.63. The molecule has 0 saturated carbocycles. The lowest BCUT2D eigenvalue weighted by Gasteiger charge is -2.02. The first-order valence-electron chi connectivity index (χ1n) is 4.04. The zero-order valence-electron chi connectivity index (χ0n) is 7.03. The quantitative estimate of drug-likeness (QED) is 0.272. The first-order chi connectivity index (χ1) is 5.27. The molecule has 0 aliphatic heterocycles. The van der Waals surface area contributed by atoms with Gasteiger partial charge in [0.1, 0.15) is 0 Å². The molecular weight excluding hydrogens is 140 g/mol. The van der Waals surface area contributed by atoms with E-state index in [2.05, 4.69) is 10.0 Å². The van der Waals surface area contributed by atoms with Crippen molar-refractivity contribution in [2.45, 2.75) is 38.6 Å². The van der Waals surface area contributed by atoms with Crippen molar-refractivity contribution in [3.63, 3.8) is 0 Å². The van der Waals surface area contributed by atoms with Gasteiger partial charge in [-0.05, 0) is 25.3 Å². The molecule has 2 N–H and O–H groups in total. The molecule has 1 unspecified atom stereocenters. The van der Waals surface area contributed by atoms with Gasteiger partial charge >= 0.3 is 0 Å². The Hall–Kier alpha value is -0.730. The summed E-state index contributed by atoms with van der Waals surface area (Å²) in [4.78, 5) is 2.67. The van der Waals surface area contributed by atoms with Gasteiger partial charge in [0, 0.05) is 17.5 Å². The summed E-state index contributed by atoms with van der Waals surface area (Å²) in [5.41, 5.74) is 13.5. The van der Waals surface area contributed by atoms with Gasteiger partial charge in [-0.3, -0.25) is 0 Å². The average Bonchev–Trinajstić information content (AvgIpc) is 1.96. The van der Waals surface area contributed by atoms with Crippen molar-refractivity contribution >= 4 is 0 Å². The fourth-order valence-electron chi connectivity index (χ4n) is 0.870. The Bertz CT molecular complexity index is 126. The van der Waals surface area contributed by atoms with Gasteiger partial charge in [-0.1, -0.05) is 18.0 Å². The smallest absolute Gasteiger partial charge is 0.0257 e. The minimum absolute atomic E-state index is 0.300. The van der Waals surface area contributed by atoms with E-state index in [9.17, 15) is 0 Å². The molecule has 0 amide bonds. The molecule has 11 heavy (non-hydrogen) atoms. The van der Waals surface area contributed by atoms with Crippen LogP contribution in [-0.2, 0) is 0 Å². The maximum atomic E-state index is 7.95. The molecule has 0 aliphatic rings. The molecule has 0 aromatic heterocycles. The number of nitrogens with zero attached hydrogens (tertiary/aromatic N) is 3. The predicted octanol–water partition coefficient (Wildman–Crippen LogP) is 2.20. The van der Waals surface area contributed by atoms with E-state index in [0.717, 1.165) is 25.7 Å². The monoisotopic (exact) mass is 156 g/mol. The molecule has 4 heteroatoms. The second-order valence-corrected chi connectivity index (χ2v) is 2.78. The third kappa shape index (κ3) is 9.27. The Kier molecular flexibility index (Phi) is 6.89. The van der Waals surface area contributed by atoms with E-state index in [1.807, 2.05) is 6.92 Å². The van der Waals surface area contributed by atoms with E-state index < -0.39 is 0 Å². The fourth-order valence-corrected chi connectivity index (χ4v) is 0.870. The van der Waals surface area contributed by atoms with Crippen LogP contribution in [0.5, 0.6) is 0 Å². The summed E-state index contributed by atoms with van der Waals surface area (Å²) in [7, 11) is 0. The van der Waals surface area contributed by atoms with Crippen molar-refractivity contribution in [2.24, 2.45) is 10.8 Å². The molecule has 0 saturated heterocycles. The van der Waals surface area contributed by atoms with Crippen molar-refractivity contribution in [1.29, 1.82) is 0 Å². The van der Waals surface area contributed by atoms with Crippen molar-refractivity contribution in [3.05, 3.63) is 10.4 Å². The van der Waals surface area contributed by atoms with Gasteiger partial charge in [0.15, 0.2) is 0 Å². The normalized spacial score (nSPS) is 12.2. The van der Waals surface area contributed by atoms with E-state index >= 15 is 0 Å². The molecular formula is C7H16N4. The topological polar surface area (TPSA) is 74.8 Å². The zero-order chi connectivity index (χ0) is 8.53. The van der Waals surface area contributed by atoms with Gasteiger partial charge < -0.3 is 5.73 Å². The number of azide groups is 1. The zero-order valence-corrected chi connectivity index (χ0v) is 7.03. The van der Waals surface area contributed by atoms with Gasteiger partial charge in [0.25, 0.3) is 0 Å². The molecule has 4 nitrogen and oxygen atoms in total. The van der Waals surface area contributed by atoms with Crippen molar-refractivity contribution in [1.82, 2.24) is 0 Å². The van der Waals surface area contributed by atoms with Crippen LogP contribution in [0, 0.1) is 0 Å². The SMILES string of the molecule is CC(N)CCCCCN=[N+]=[N-]. The van der Waals surface area contributed by atoms with Crippen LogP contribution in [0.25, 0.3) is 10.4 Å². The number of nitrogens with two attached hydrogens (primary N) is 1. The van der Waals surface area contributed by atoms with Gasteiger partial charge in [-0.25, -0.2) is 0 Å². The maximum absolute atomic E-state index is 7.95. The Morgan fingerprint density at radius 2 is 2.18 bits per heavy atom. The number of hydrogen-bond acceptors (Lipinski definition) is 2. The molecule has 0 heterocycles. The van der Waals surface area contributed by atoms with E-state index in [4.69, 9.17) is 11.3 Å². The van der Waals surface area contributed by atoms with Gasteiger partial charge in [0.2, 0.25) is 0 Å². The lowest BCUT2D eigenvalue weighted by Crippen LogP contribution is -2.13. The Morgan fingerprint density at radius 3 is 2.73 bits per heavy atom. The highest BCUT2D eigenvalue weighted by Crippen LogP contribution is 2.01. The van der Waals surface area contributed by atoms with Crippen molar-refractivity contribution < 1.29 is 0 Å². The van der Waals surface area contributed by atoms with Crippen molar-refractivity contribution in [3.8, 4) is 0 Å². The van der Waals surface area contributed by atoms with E-state index in [0.29, 0.717) is 12.6 Å². The Labute approximate surface area is 67.4 Å². The minimum atomic E-state index is 0.300. The summed E-state index contributed by atoms with van der Waals surface area (Å²) >= 11 is 0. The minimum Gasteiger partial charge on any atom is -0.328 e. The molecule has 0 aromatic carbocycles. The van der Waals surface area contributed by atoms with Crippen LogP contribution in [0.15, 0.2) is 5.11 Å². The largest absolute Gasteiger partial charge is 0.328 e. The summed E-state index contributed by atoms with van der Waals surface area (Å²) in [5, 5.41) is 3.44. The third-order valence-electron chi connectivity index (χ3n) is 1.48. The first-order valence-corrected chi connectivity index (χ1v) is 4.04. The van der Waals surface area contributed by atoms with Gasteiger partial charge in [0.05, 0.1) is 0 Å². The van der Waals surface area contributed by atoms with E-state index in [1.165, 1.54) is 0 Å². The predicted molar refractivity (Wildman–Crippen MR) is 46.1 cm³/mol. The Morgan fingerprint density at radius 1 is 1.45 bits per heavy atom. The van der Waals surface area contributed by atoms with Crippen LogP contribution in [0.3, 0.4) is 0 Å². The average molecular weight is 156 g/mol. The maximum Gasteiger partial charge on any atom is 0.0257 e. The number of rotatable bonds is 6. The first kappa shape index (κ1) is 10.3. The van der Waals surface area contributed by atoms with Crippen molar-refractivity contribution in [2.75, 3.05) is 6.54 Å². The van der Waals surface area contributed by atoms with Crippen LogP contribution in [0.1, 0.15) is 32.6 Å². The fraction of sp³-hybridized carbons (Fsp3) is 1.00. The molecule has 0 radical (unpaired) electrons. The Balaban J connectivity index is 2.96. The summed E-state index contributed by atoms with van der Waals surface area (Å²) in [5.74, 6) is 0. The summed E-state index contributed by atoms with van der Waals surface area (Å²) in [6, 6.07) is 0.300. The summed E-state index contributed by atoms with van der Waals surface area (Å²) < 4.78 is 0. The molecule has 0 fully saturated rings. The highest BCUT2D eigenvalue weighted by Gasteiger charge is 1.92. The van der Waals surface area contributed by atoms with E-state index in [-0.39, 0.29) is 0 Å². The lowest BCUT2D eigenvalue weighted by atomic mass is 10.1. The van der Waals surface area contributed by atoms with Gasteiger partial charge in [-0.15, -0.1) is 0 Å². The van der Waals surface area contributed by atoms with E-state index in [1.54, 1.807) is 0 Å². The lowest BCUT2D eigenvalue weighted by molar-refractivity contribution is 0.582. The standard InChI is InChI=1S/C7H16N4/c1-7(8)5-3-2-4-6-10-11-9/h7H,2-6,8H2,1H3. The molecule has 0 aliphatic carbocycles. The number of hydrogen-bond donors (Lipinski definition) is 1. The van der Waals surface area contributed by atoms with Crippen LogP contribution in [-0.4, -0.2) is 12.6 Å². The second-order valence-electron chi connectivity index (χ2n) is 2.78. The molecule has 0 spiro atoms. The molecule has 0 rings (SSSR count). The van der Waals surface area contributed by atoms with Crippen LogP contribution >= 0.6 is 0 Å². The summed E-state index contributed by atoms with van der Waals surface area (Å²) in [6.07, 6.45) is 4.30. The second kappa shape index (κ2) is 7.38. The molecule has 64 valence electrons. The highest BCUT2D eigenvalue weighted by atomic mass is 15.1. The molecule has 0 aromatic rings.